The molecule has 0 aliphatic heterocycles. The minimum absolute atomic E-state index is 0.577. The van der Waals surface area contributed by atoms with Gasteiger partial charge in [-0.05, 0) is 30.9 Å². The molecule has 4 nitrogen and oxygen atoms in total. The van der Waals surface area contributed by atoms with Crippen molar-refractivity contribution in [1.29, 1.82) is 0 Å². The van der Waals surface area contributed by atoms with Gasteiger partial charge in [-0.2, -0.15) is 0 Å². The van der Waals surface area contributed by atoms with Gasteiger partial charge >= 0.3 is 0 Å². The smallest absolute Gasteiger partial charge is 0.180 e. The summed E-state index contributed by atoms with van der Waals surface area (Å²) in [5.41, 5.74) is 3.27. The molecule has 2 heterocycles. The van der Waals surface area contributed by atoms with Gasteiger partial charge in [-0.15, -0.1) is 0 Å². The van der Waals surface area contributed by atoms with E-state index in [0.717, 1.165) is 29.5 Å². The highest BCUT2D eigenvalue weighted by atomic mass is 15.0. The van der Waals surface area contributed by atoms with Crippen LogP contribution in [-0.2, 0) is 6.42 Å². The van der Waals surface area contributed by atoms with E-state index < -0.39 is 0 Å². The Hall–Kier alpha value is -1.97. The summed E-state index contributed by atoms with van der Waals surface area (Å²) in [5.74, 6) is 2.21. The highest BCUT2D eigenvalue weighted by Crippen LogP contribution is 2.34. The van der Waals surface area contributed by atoms with Crippen LogP contribution in [0.2, 0.25) is 0 Å². The van der Waals surface area contributed by atoms with Crippen LogP contribution < -0.4 is 5.32 Å². The first-order valence-corrected chi connectivity index (χ1v) is 7.82. The monoisotopic (exact) mass is 282 g/mol. The molecule has 0 aromatic carbocycles. The molecule has 1 aliphatic rings. The Bertz CT molecular complexity index is 618. The van der Waals surface area contributed by atoms with Gasteiger partial charge in [0.25, 0.3) is 0 Å². The molecule has 110 valence electrons. The number of aromatic nitrogens is 3. The van der Waals surface area contributed by atoms with Crippen LogP contribution in [0.3, 0.4) is 0 Å². The molecule has 0 bridgehead atoms. The maximum Gasteiger partial charge on any atom is 0.180 e. The summed E-state index contributed by atoms with van der Waals surface area (Å²) in [5, 5.41) is 3.16. The van der Waals surface area contributed by atoms with Crippen LogP contribution in [0, 0.1) is 0 Å². The topological polar surface area (TPSA) is 50.7 Å². The van der Waals surface area contributed by atoms with Crippen LogP contribution >= 0.6 is 0 Å². The van der Waals surface area contributed by atoms with E-state index in [0.29, 0.717) is 5.92 Å². The van der Waals surface area contributed by atoms with Crippen molar-refractivity contribution in [3.63, 3.8) is 0 Å². The number of hydrogen-bond donors (Lipinski definition) is 1. The lowest BCUT2D eigenvalue weighted by atomic mass is 10.0. The molecule has 0 amide bonds. The van der Waals surface area contributed by atoms with E-state index in [4.69, 9.17) is 4.98 Å². The molecular formula is C17H22N4. The van der Waals surface area contributed by atoms with E-state index >= 15 is 0 Å². The highest BCUT2D eigenvalue weighted by Gasteiger charge is 2.21. The molecule has 4 heteroatoms. The zero-order valence-corrected chi connectivity index (χ0v) is 12.8. The van der Waals surface area contributed by atoms with E-state index in [1.165, 1.54) is 31.2 Å². The molecule has 2 aromatic heterocycles. The summed E-state index contributed by atoms with van der Waals surface area (Å²) >= 11 is 0. The molecule has 21 heavy (non-hydrogen) atoms. The van der Waals surface area contributed by atoms with Crippen molar-refractivity contribution in [3.05, 3.63) is 35.7 Å². The third-order valence-electron chi connectivity index (χ3n) is 4.26. The van der Waals surface area contributed by atoms with Crippen LogP contribution in [0.25, 0.3) is 11.5 Å². The van der Waals surface area contributed by atoms with Gasteiger partial charge in [-0.3, -0.25) is 4.98 Å². The third kappa shape index (κ3) is 2.89. The van der Waals surface area contributed by atoms with E-state index in [-0.39, 0.29) is 0 Å². The van der Waals surface area contributed by atoms with Crippen LogP contribution in [0.4, 0.5) is 5.82 Å². The van der Waals surface area contributed by atoms with Gasteiger partial charge < -0.3 is 5.32 Å². The number of anilines is 1. The molecule has 3 rings (SSSR count). The third-order valence-corrected chi connectivity index (χ3v) is 4.26. The fraction of sp³-hybridized carbons (Fsp3) is 0.471. The first-order chi connectivity index (χ1) is 10.3. The Labute approximate surface area is 126 Å². The molecule has 0 atom stereocenters. The summed E-state index contributed by atoms with van der Waals surface area (Å²) in [4.78, 5) is 14.0. The second-order valence-electron chi connectivity index (χ2n) is 5.60. The maximum absolute atomic E-state index is 4.83. The Morgan fingerprint density at radius 1 is 1.24 bits per heavy atom. The first-order valence-electron chi connectivity index (χ1n) is 7.82. The van der Waals surface area contributed by atoms with Crippen LogP contribution in [0.15, 0.2) is 24.4 Å². The molecule has 2 aromatic rings. The average Bonchev–Trinajstić information content (AvgIpc) is 3.09. The Kier molecular flexibility index (Phi) is 4.13. The molecule has 0 radical (unpaired) electrons. The highest BCUT2D eigenvalue weighted by molar-refractivity contribution is 5.57. The Balaban J connectivity index is 2.06. The average molecular weight is 282 g/mol. The van der Waals surface area contributed by atoms with Crippen LogP contribution in [-0.4, -0.2) is 22.0 Å². The number of aryl methyl sites for hydroxylation is 1. The predicted molar refractivity (Wildman–Crippen MR) is 85.4 cm³/mol. The van der Waals surface area contributed by atoms with Gasteiger partial charge in [0.1, 0.15) is 11.5 Å². The lowest BCUT2D eigenvalue weighted by Crippen LogP contribution is -2.05. The Morgan fingerprint density at radius 3 is 2.76 bits per heavy atom. The standard InChI is InChI=1S/C17H22N4/c1-3-12-9-6-10-19-16(12)17-20-14(11-15(18-2)21-17)13-7-4-5-8-13/h6,9-11,13H,3-5,7-8H2,1-2H3,(H,18,20,21). The largest absolute Gasteiger partial charge is 0.373 e. The molecule has 1 aliphatic carbocycles. The van der Waals surface area contributed by atoms with Crippen molar-refractivity contribution in [2.24, 2.45) is 0 Å². The van der Waals surface area contributed by atoms with Gasteiger partial charge in [0.05, 0.1) is 0 Å². The summed E-state index contributed by atoms with van der Waals surface area (Å²) in [6.07, 6.45) is 7.85. The van der Waals surface area contributed by atoms with Gasteiger partial charge in [-0.1, -0.05) is 25.8 Å². The molecule has 1 saturated carbocycles. The zero-order chi connectivity index (χ0) is 14.7. The van der Waals surface area contributed by atoms with Crippen molar-refractivity contribution < 1.29 is 0 Å². The summed E-state index contributed by atoms with van der Waals surface area (Å²) in [6.45, 7) is 2.14. The van der Waals surface area contributed by atoms with Gasteiger partial charge in [0.15, 0.2) is 5.82 Å². The molecule has 0 unspecified atom stereocenters. The molecular weight excluding hydrogens is 260 g/mol. The van der Waals surface area contributed by atoms with E-state index in [2.05, 4.69) is 34.3 Å². The summed E-state index contributed by atoms with van der Waals surface area (Å²) < 4.78 is 0. The molecule has 0 spiro atoms. The van der Waals surface area contributed by atoms with Gasteiger partial charge in [-0.25, -0.2) is 9.97 Å². The summed E-state index contributed by atoms with van der Waals surface area (Å²) in [7, 11) is 1.91. The van der Waals surface area contributed by atoms with E-state index in [1.807, 2.05) is 19.3 Å². The summed E-state index contributed by atoms with van der Waals surface area (Å²) in [6, 6.07) is 6.17. The lowest BCUT2D eigenvalue weighted by molar-refractivity contribution is 0.695. The number of nitrogens with one attached hydrogen (secondary N) is 1. The van der Waals surface area contributed by atoms with Crippen molar-refractivity contribution in [2.75, 3.05) is 12.4 Å². The minimum Gasteiger partial charge on any atom is -0.373 e. The normalized spacial score (nSPS) is 15.3. The number of hydrogen-bond acceptors (Lipinski definition) is 4. The molecule has 1 N–H and O–H groups in total. The van der Waals surface area contributed by atoms with Crippen LogP contribution in [0.1, 0.15) is 49.8 Å². The van der Waals surface area contributed by atoms with Crippen LogP contribution in [0.5, 0.6) is 0 Å². The minimum atomic E-state index is 0.577. The second-order valence-corrected chi connectivity index (χ2v) is 5.60. The predicted octanol–water partition coefficient (Wildman–Crippen LogP) is 3.80. The zero-order valence-electron chi connectivity index (χ0n) is 12.8. The molecule has 0 saturated heterocycles. The van der Waals surface area contributed by atoms with E-state index in [9.17, 15) is 0 Å². The van der Waals surface area contributed by atoms with Gasteiger partial charge in [0, 0.05) is 30.9 Å². The fourth-order valence-corrected chi connectivity index (χ4v) is 3.06. The maximum atomic E-state index is 4.83. The van der Waals surface area contributed by atoms with Crippen molar-refractivity contribution in [2.45, 2.75) is 44.9 Å². The molecule has 1 fully saturated rings. The quantitative estimate of drug-likeness (QED) is 0.926. The van der Waals surface area contributed by atoms with Crippen molar-refractivity contribution in [3.8, 4) is 11.5 Å². The fourth-order valence-electron chi connectivity index (χ4n) is 3.06. The van der Waals surface area contributed by atoms with E-state index in [1.54, 1.807) is 0 Å². The first kappa shape index (κ1) is 14.0. The SMILES string of the molecule is CCc1cccnc1-c1nc(NC)cc(C2CCCC2)n1. The number of pyridine rings is 1. The van der Waals surface area contributed by atoms with Crippen molar-refractivity contribution >= 4 is 5.82 Å². The lowest BCUT2D eigenvalue weighted by Gasteiger charge is -2.13. The van der Waals surface area contributed by atoms with Crippen molar-refractivity contribution in [1.82, 2.24) is 15.0 Å². The second kappa shape index (κ2) is 6.20. The number of nitrogens with zero attached hydrogens (tertiary/aromatic N) is 3. The Morgan fingerprint density at radius 2 is 2.05 bits per heavy atom. The number of rotatable bonds is 4. The van der Waals surface area contributed by atoms with Gasteiger partial charge in [0.2, 0.25) is 0 Å².